The molecule has 10 heteroatoms. The molecule has 1 atom stereocenters. The van der Waals surface area contributed by atoms with Crippen LogP contribution in [0.15, 0.2) is 42.9 Å². The van der Waals surface area contributed by atoms with Crippen LogP contribution in [0, 0.1) is 11.3 Å². The van der Waals surface area contributed by atoms with Crippen LogP contribution in [-0.4, -0.2) is 56.5 Å². The number of amides is 2. The minimum absolute atomic E-state index is 0.280. The first-order valence-electron chi connectivity index (χ1n) is 9.51. The van der Waals surface area contributed by atoms with Gasteiger partial charge < -0.3 is 10.2 Å². The molecule has 0 bridgehead atoms. The highest BCUT2D eigenvalue weighted by Gasteiger charge is 2.47. The summed E-state index contributed by atoms with van der Waals surface area (Å²) in [5.41, 5.74) is 2.45. The van der Waals surface area contributed by atoms with Gasteiger partial charge in [-0.05, 0) is 17.7 Å². The summed E-state index contributed by atoms with van der Waals surface area (Å²) in [6.45, 7) is -1.32. The molecule has 1 fully saturated rings. The minimum atomic E-state index is -3.11. The molecule has 4 rings (SSSR count). The Hall–Kier alpha value is -3.87. The van der Waals surface area contributed by atoms with E-state index < -0.39 is 43.3 Å². The SMILES string of the molecule is Cn1ncc2c(-c3cnccc3C(=O)NCC(=O)N3CC(F)(F)C[C@H]3C#N)cccc21. The van der Waals surface area contributed by atoms with Crippen LogP contribution in [0.4, 0.5) is 8.78 Å². The molecule has 8 nitrogen and oxygen atoms in total. The number of aryl methyl sites for hydroxylation is 1. The summed E-state index contributed by atoms with van der Waals surface area (Å²) in [6.07, 6.45) is 3.99. The number of nitrogens with zero attached hydrogens (tertiary/aromatic N) is 5. The van der Waals surface area contributed by atoms with Gasteiger partial charge in [0, 0.05) is 36.8 Å². The van der Waals surface area contributed by atoms with Gasteiger partial charge in [-0.2, -0.15) is 10.4 Å². The van der Waals surface area contributed by atoms with E-state index in [1.165, 1.54) is 12.3 Å². The second-order valence-corrected chi connectivity index (χ2v) is 7.34. The van der Waals surface area contributed by atoms with Crippen molar-refractivity contribution in [2.24, 2.45) is 7.05 Å². The van der Waals surface area contributed by atoms with Crippen molar-refractivity contribution in [3.05, 3.63) is 48.4 Å². The van der Waals surface area contributed by atoms with Gasteiger partial charge in [-0.3, -0.25) is 19.3 Å². The number of alkyl halides is 2. The lowest BCUT2D eigenvalue weighted by Crippen LogP contribution is -2.43. The maximum atomic E-state index is 13.6. The second kappa shape index (κ2) is 7.75. The predicted molar refractivity (Wildman–Crippen MR) is 107 cm³/mol. The summed E-state index contributed by atoms with van der Waals surface area (Å²) in [5.74, 6) is -4.39. The van der Waals surface area contributed by atoms with E-state index in [0.717, 1.165) is 21.4 Å². The summed E-state index contributed by atoms with van der Waals surface area (Å²) in [7, 11) is 1.81. The minimum Gasteiger partial charge on any atom is -0.343 e. The Balaban J connectivity index is 1.56. The van der Waals surface area contributed by atoms with Crippen LogP contribution < -0.4 is 5.32 Å². The number of aromatic nitrogens is 3. The molecule has 1 N–H and O–H groups in total. The van der Waals surface area contributed by atoms with Gasteiger partial charge >= 0.3 is 0 Å². The first-order chi connectivity index (χ1) is 14.8. The third-order valence-corrected chi connectivity index (χ3v) is 5.29. The summed E-state index contributed by atoms with van der Waals surface area (Å²) in [6, 6.07) is 7.61. The molecule has 0 spiro atoms. The zero-order valence-corrected chi connectivity index (χ0v) is 16.5. The van der Waals surface area contributed by atoms with E-state index in [2.05, 4.69) is 15.4 Å². The molecule has 158 valence electrons. The second-order valence-electron chi connectivity index (χ2n) is 7.34. The number of carbonyl (C=O) groups is 2. The van der Waals surface area contributed by atoms with Crippen molar-refractivity contribution >= 4 is 22.7 Å². The summed E-state index contributed by atoms with van der Waals surface area (Å²) in [5, 5.41) is 16.6. The molecule has 1 aliphatic rings. The summed E-state index contributed by atoms with van der Waals surface area (Å²) >= 11 is 0. The highest BCUT2D eigenvalue weighted by atomic mass is 19.3. The number of carbonyl (C=O) groups excluding carboxylic acids is 2. The number of rotatable bonds is 4. The molecule has 0 unspecified atom stereocenters. The molecular formula is C21H18F2N6O2. The Bertz CT molecular complexity index is 1220. The van der Waals surface area contributed by atoms with Crippen molar-refractivity contribution in [2.45, 2.75) is 18.4 Å². The lowest BCUT2D eigenvalue weighted by Gasteiger charge is -2.19. The van der Waals surface area contributed by atoms with Crippen molar-refractivity contribution in [3.8, 4) is 17.2 Å². The van der Waals surface area contributed by atoms with Gasteiger partial charge in [0.15, 0.2) is 0 Å². The monoisotopic (exact) mass is 424 g/mol. The number of benzene rings is 1. The molecule has 1 saturated heterocycles. The van der Waals surface area contributed by atoms with Crippen molar-refractivity contribution in [2.75, 3.05) is 13.1 Å². The van der Waals surface area contributed by atoms with E-state index in [0.29, 0.717) is 5.56 Å². The Morgan fingerprint density at radius 1 is 1.29 bits per heavy atom. The van der Waals surface area contributed by atoms with Gasteiger partial charge in [0.05, 0.1) is 36.4 Å². The molecule has 1 aromatic carbocycles. The van der Waals surface area contributed by atoms with Gasteiger partial charge in [0.1, 0.15) is 6.04 Å². The molecule has 3 heterocycles. The fourth-order valence-corrected chi connectivity index (χ4v) is 3.77. The Labute approximate surface area is 176 Å². The topological polar surface area (TPSA) is 104 Å². The fraction of sp³-hybridized carbons (Fsp3) is 0.286. The molecular weight excluding hydrogens is 406 g/mol. The Kier molecular flexibility index (Phi) is 5.10. The molecule has 0 saturated carbocycles. The average molecular weight is 424 g/mol. The first kappa shape index (κ1) is 20.4. The van der Waals surface area contributed by atoms with Crippen LogP contribution in [-0.2, 0) is 11.8 Å². The number of halogens is 2. The Morgan fingerprint density at radius 2 is 2.10 bits per heavy atom. The quantitative estimate of drug-likeness (QED) is 0.691. The normalized spacial score (nSPS) is 17.5. The lowest BCUT2D eigenvalue weighted by atomic mass is 9.98. The first-order valence-corrected chi connectivity index (χ1v) is 9.51. The van der Waals surface area contributed by atoms with E-state index in [-0.39, 0.29) is 5.56 Å². The number of pyridine rings is 1. The molecule has 1 aliphatic heterocycles. The van der Waals surface area contributed by atoms with Gasteiger partial charge in [-0.25, -0.2) is 8.78 Å². The molecule has 2 amide bonds. The molecule has 31 heavy (non-hydrogen) atoms. The number of likely N-dealkylation sites (tertiary alicyclic amines) is 1. The van der Waals surface area contributed by atoms with Crippen LogP contribution in [0.1, 0.15) is 16.8 Å². The zero-order chi connectivity index (χ0) is 22.2. The van der Waals surface area contributed by atoms with Crippen molar-refractivity contribution < 1.29 is 18.4 Å². The lowest BCUT2D eigenvalue weighted by molar-refractivity contribution is -0.131. The largest absolute Gasteiger partial charge is 0.343 e. The van der Waals surface area contributed by atoms with Crippen molar-refractivity contribution in [1.29, 1.82) is 5.26 Å². The predicted octanol–water partition coefficient (Wildman–Crippen LogP) is 2.12. The Morgan fingerprint density at radius 3 is 2.87 bits per heavy atom. The maximum Gasteiger partial charge on any atom is 0.268 e. The molecule has 3 aromatic rings. The summed E-state index contributed by atoms with van der Waals surface area (Å²) < 4.78 is 28.9. The van der Waals surface area contributed by atoms with Gasteiger partial charge in [-0.1, -0.05) is 12.1 Å². The average Bonchev–Trinajstić information content (AvgIpc) is 3.30. The maximum absolute atomic E-state index is 13.6. The third kappa shape index (κ3) is 3.82. The highest BCUT2D eigenvalue weighted by molar-refractivity contribution is 6.05. The van der Waals surface area contributed by atoms with Crippen LogP contribution in [0.25, 0.3) is 22.0 Å². The van der Waals surface area contributed by atoms with E-state index >= 15 is 0 Å². The number of nitrogens with one attached hydrogen (secondary N) is 1. The summed E-state index contributed by atoms with van der Waals surface area (Å²) in [4.78, 5) is 30.1. The number of hydrogen-bond donors (Lipinski definition) is 1. The molecule has 0 aliphatic carbocycles. The fourth-order valence-electron chi connectivity index (χ4n) is 3.77. The van der Waals surface area contributed by atoms with Crippen LogP contribution in [0.3, 0.4) is 0 Å². The van der Waals surface area contributed by atoms with Crippen LogP contribution in [0.5, 0.6) is 0 Å². The highest BCUT2D eigenvalue weighted by Crippen LogP contribution is 2.32. The van der Waals surface area contributed by atoms with Crippen molar-refractivity contribution in [3.63, 3.8) is 0 Å². The van der Waals surface area contributed by atoms with E-state index in [1.807, 2.05) is 25.2 Å². The number of fused-ring (bicyclic) bond motifs is 1. The number of hydrogen-bond acceptors (Lipinski definition) is 5. The third-order valence-electron chi connectivity index (χ3n) is 5.29. The van der Waals surface area contributed by atoms with Crippen LogP contribution >= 0.6 is 0 Å². The molecule has 2 aromatic heterocycles. The smallest absolute Gasteiger partial charge is 0.268 e. The van der Waals surface area contributed by atoms with E-state index in [4.69, 9.17) is 5.26 Å². The standard InChI is InChI=1S/C21H18F2N6O2/c1-28-18-4-2-3-14(17(18)10-27-28)16-9-25-6-5-15(16)20(31)26-11-19(30)29-12-21(22,23)7-13(29)8-24/h2-6,9-10,13H,7,11-12H2,1H3,(H,26,31)/t13-/m0/s1. The van der Waals surface area contributed by atoms with Gasteiger partial charge in [0.2, 0.25) is 5.91 Å². The van der Waals surface area contributed by atoms with Crippen molar-refractivity contribution in [1.82, 2.24) is 25.0 Å². The van der Waals surface area contributed by atoms with Crippen LogP contribution in [0.2, 0.25) is 0 Å². The molecule has 0 radical (unpaired) electrons. The van der Waals surface area contributed by atoms with Gasteiger partial charge in [-0.15, -0.1) is 0 Å². The van der Waals surface area contributed by atoms with E-state index in [1.54, 1.807) is 23.1 Å². The van der Waals surface area contributed by atoms with Gasteiger partial charge in [0.25, 0.3) is 11.8 Å². The van der Waals surface area contributed by atoms with E-state index in [9.17, 15) is 18.4 Å². The zero-order valence-electron chi connectivity index (χ0n) is 16.5. The number of nitriles is 1.